The van der Waals surface area contributed by atoms with Crippen molar-refractivity contribution in [2.75, 3.05) is 14.1 Å². The number of aliphatic carboxylic acids is 1. The molecule has 6 heteroatoms. The molecule has 0 atom stereocenters. The first-order chi connectivity index (χ1) is 7.15. The van der Waals surface area contributed by atoms with E-state index in [1.54, 1.807) is 0 Å². The fraction of sp³-hybridized carbons (Fsp3) is 0.700. The van der Waals surface area contributed by atoms with Gasteiger partial charge in [0.1, 0.15) is 0 Å². The molecule has 0 aromatic rings. The molecule has 0 aliphatic heterocycles. The summed E-state index contributed by atoms with van der Waals surface area (Å²) in [5, 5.41) is 7.12. The summed E-state index contributed by atoms with van der Waals surface area (Å²) in [5.41, 5.74) is 0.125. The minimum absolute atomic E-state index is 0.125. The van der Waals surface area contributed by atoms with E-state index in [0.717, 1.165) is 0 Å². The van der Waals surface area contributed by atoms with Gasteiger partial charge in [-0.05, 0) is 33.4 Å². The molecule has 1 aliphatic rings. The first-order valence-corrected chi connectivity index (χ1v) is 4.61. The van der Waals surface area contributed by atoms with Gasteiger partial charge in [0.25, 0.3) is 0 Å². The average Bonchev–Trinajstić information content (AvgIpc) is 2.01. The summed E-state index contributed by atoms with van der Waals surface area (Å²) in [6.45, 7) is 0. The Morgan fingerprint density at radius 3 is 1.81 bits per heavy atom. The molecular formula is C10H14F3NO2. The second-order valence-corrected chi connectivity index (χ2v) is 3.73. The Kier molecular flexibility index (Phi) is 4.81. The Morgan fingerprint density at radius 1 is 1.44 bits per heavy atom. The van der Waals surface area contributed by atoms with Gasteiger partial charge in [-0.2, -0.15) is 13.2 Å². The van der Waals surface area contributed by atoms with Crippen molar-refractivity contribution in [3.05, 3.63) is 0 Å². The number of hydrogen-bond acceptors (Lipinski definition) is 2. The van der Waals surface area contributed by atoms with Gasteiger partial charge in [-0.15, -0.1) is 6.42 Å². The predicted molar refractivity (Wildman–Crippen MR) is 52.8 cm³/mol. The third-order valence-corrected chi connectivity index (χ3v) is 2.55. The van der Waals surface area contributed by atoms with Gasteiger partial charge < -0.3 is 5.11 Å². The summed E-state index contributed by atoms with van der Waals surface area (Å²) < 4.78 is 31.7. The number of hydrogen-bond donors (Lipinski definition) is 1. The summed E-state index contributed by atoms with van der Waals surface area (Å²) in [6, 6.07) is 0. The first-order valence-electron chi connectivity index (χ1n) is 4.61. The van der Waals surface area contributed by atoms with Gasteiger partial charge in [0.05, 0.1) is 5.54 Å². The normalized spacial score (nSPS) is 17.8. The monoisotopic (exact) mass is 237 g/mol. The highest BCUT2D eigenvalue weighted by Gasteiger charge is 2.38. The van der Waals surface area contributed by atoms with Crippen LogP contribution in [0.4, 0.5) is 13.2 Å². The number of carbonyl (C=O) groups is 1. The number of alkyl halides is 3. The van der Waals surface area contributed by atoms with Crippen LogP contribution in [0.5, 0.6) is 0 Å². The van der Waals surface area contributed by atoms with E-state index in [4.69, 9.17) is 16.3 Å². The quantitative estimate of drug-likeness (QED) is 0.706. The third kappa shape index (κ3) is 3.74. The third-order valence-electron chi connectivity index (χ3n) is 2.55. The summed E-state index contributed by atoms with van der Waals surface area (Å²) in [5.74, 6) is 0.0833. The zero-order chi connectivity index (χ0) is 13.0. The van der Waals surface area contributed by atoms with Crippen molar-refractivity contribution in [2.45, 2.75) is 31.0 Å². The molecule has 0 aromatic carbocycles. The largest absolute Gasteiger partial charge is 0.490 e. The molecular weight excluding hydrogens is 223 g/mol. The molecule has 0 unspecified atom stereocenters. The minimum Gasteiger partial charge on any atom is -0.475 e. The van der Waals surface area contributed by atoms with Gasteiger partial charge >= 0.3 is 12.1 Å². The molecule has 16 heavy (non-hydrogen) atoms. The van der Waals surface area contributed by atoms with Gasteiger partial charge in [0.2, 0.25) is 0 Å². The Hall–Kier alpha value is -1.22. The van der Waals surface area contributed by atoms with Gasteiger partial charge in [0.15, 0.2) is 0 Å². The van der Waals surface area contributed by atoms with E-state index >= 15 is 0 Å². The molecule has 92 valence electrons. The number of carboxylic acid groups (broad SMARTS) is 1. The molecule has 1 fully saturated rings. The second-order valence-electron chi connectivity index (χ2n) is 3.73. The topological polar surface area (TPSA) is 40.5 Å². The van der Waals surface area contributed by atoms with Crippen LogP contribution in [-0.4, -0.2) is 41.8 Å². The zero-order valence-electron chi connectivity index (χ0n) is 9.14. The molecule has 3 nitrogen and oxygen atoms in total. The van der Waals surface area contributed by atoms with E-state index in [0.29, 0.717) is 0 Å². The lowest BCUT2D eigenvalue weighted by Gasteiger charge is -2.42. The number of carboxylic acids is 1. The van der Waals surface area contributed by atoms with Crippen LogP contribution in [0.15, 0.2) is 0 Å². The smallest absolute Gasteiger partial charge is 0.475 e. The lowest BCUT2D eigenvalue weighted by Crippen LogP contribution is -2.48. The summed E-state index contributed by atoms with van der Waals surface area (Å²) in [4.78, 5) is 11.0. The maximum absolute atomic E-state index is 10.6. The van der Waals surface area contributed by atoms with Crippen molar-refractivity contribution in [3.8, 4) is 12.3 Å². The van der Waals surface area contributed by atoms with Gasteiger partial charge in [-0.25, -0.2) is 4.79 Å². The Bertz CT molecular complexity index is 287. The molecule has 0 aromatic heterocycles. The van der Waals surface area contributed by atoms with Crippen LogP contribution in [0, 0.1) is 12.3 Å². The van der Waals surface area contributed by atoms with E-state index in [9.17, 15) is 13.2 Å². The zero-order valence-corrected chi connectivity index (χ0v) is 9.14. The molecule has 1 aliphatic carbocycles. The van der Waals surface area contributed by atoms with Crippen LogP contribution in [-0.2, 0) is 4.79 Å². The standard InChI is InChI=1S/C8H13N.C2HF3O2/c1-4-8(9(2)3)6-5-7-8;3-2(4,5)1(6)7/h1H,5-7H2,2-3H3;(H,6,7). The second kappa shape index (κ2) is 5.21. The molecule has 0 amide bonds. The Morgan fingerprint density at radius 2 is 1.81 bits per heavy atom. The van der Waals surface area contributed by atoms with Crippen LogP contribution < -0.4 is 0 Å². The van der Waals surface area contributed by atoms with Crippen LogP contribution in [0.3, 0.4) is 0 Å². The number of nitrogens with zero attached hydrogens (tertiary/aromatic N) is 1. The van der Waals surface area contributed by atoms with Crippen molar-refractivity contribution in [1.82, 2.24) is 4.90 Å². The average molecular weight is 237 g/mol. The van der Waals surface area contributed by atoms with Crippen molar-refractivity contribution in [1.29, 1.82) is 0 Å². The molecule has 0 bridgehead atoms. The molecule has 1 N–H and O–H groups in total. The highest BCUT2D eigenvalue weighted by Crippen LogP contribution is 2.34. The maximum Gasteiger partial charge on any atom is 0.490 e. The fourth-order valence-electron chi connectivity index (χ4n) is 1.23. The Labute approximate surface area is 92.2 Å². The van der Waals surface area contributed by atoms with E-state index in [2.05, 4.69) is 24.9 Å². The molecule has 0 saturated heterocycles. The Balaban J connectivity index is 0.000000293. The lowest BCUT2D eigenvalue weighted by atomic mass is 9.76. The predicted octanol–water partition coefficient (Wildman–Crippen LogP) is 1.74. The van der Waals surface area contributed by atoms with Crippen LogP contribution in [0.25, 0.3) is 0 Å². The van der Waals surface area contributed by atoms with E-state index in [1.165, 1.54) is 19.3 Å². The number of rotatable bonds is 1. The molecule has 0 spiro atoms. The SMILES string of the molecule is C#CC1(N(C)C)CCC1.O=C(O)C(F)(F)F. The molecule has 1 saturated carbocycles. The van der Waals surface area contributed by atoms with Gasteiger partial charge in [-0.1, -0.05) is 5.92 Å². The highest BCUT2D eigenvalue weighted by molar-refractivity contribution is 5.73. The fourth-order valence-corrected chi connectivity index (χ4v) is 1.23. The van der Waals surface area contributed by atoms with Crippen molar-refractivity contribution in [3.63, 3.8) is 0 Å². The van der Waals surface area contributed by atoms with Gasteiger partial charge in [-0.3, -0.25) is 4.90 Å². The number of terminal acetylenes is 1. The summed E-state index contributed by atoms with van der Waals surface area (Å²) in [6.07, 6.45) is 3.94. The molecule has 0 heterocycles. The van der Waals surface area contributed by atoms with E-state index in [-0.39, 0.29) is 5.54 Å². The van der Waals surface area contributed by atoms with Crippen molar-refractivity contribution in [2.24, 2.45) is 0 Å². The van der Waals surface area contributed by atoms with Crippen LogP contribution in [0.1, 0.15) is 19.3 Å². The van der Waals surface area contributed by atoms with E-state index in [1.807, 2.05) is 0 Å². The lowest BCUT2D eigenvalue weighted by molar-refractivity contribution is -0.192. The summed E-state index contributed by atoms with van der Waals surface area (Å²) >= 11 is 0. The van der Waals surface area contributed by atoms with Crippen molar-refractivity contribution < 1.29 is 23.1 Å². The highest BCUT2D eigenvalue weighted by atomic mass is 19.4. The molecule has 1 rings (SSSR count). The van der Waals surface area contributed by atoms with Crippen molar-refractivity contribution >= 4 is 5.97 Å². The maximum atomic E-state index is 10.6. The van der Waals surface area contributed by atoms with Crippen LogP contribution >= 0.6 is 0 Å². The van der Waals surface area contributed by atoms with E-state index < -0.39 is 12.1 Å². The molecule has 0 radical (unpaired) electrons. The minimum atomic E-state index is -5.08. The van der Waals surface area contributed by atoms with Crippen LogP contribution in [0.2, 0.25) is 0 Å². The summed E-state index contributed by atoms with van der Waals surface area (Å²) in [7, 11) is 4.11. The first kappa shape index (κ1) is 14.8. The number of halogens is 3. The van der Waals surface area contributed by atoms with Gasteiger partial charge in [0, 0.05) is 0 Å².